The number of ketones is 1. The molecule has 0 unspecified atom stereocenters. The zero-order chi connectivity index (χ0) is 18.1. The Labute approximate surface area is 148 Å². The van der Waals surface area contributed by atoms with Crippen molar-refractivity contribution in [2.24, 2.45) is 0 Å². The fourth-order valence-corrected chi connectivity index (χ4v) is 2.58. The number of nitrogens with zero attached hydrogens (tertiary/aromatic N) is 8. The molecule has 0 atom stereocenters. The highest BCUT2D eigenvalue weighted by atomic mass is 16.1. The third-order valence-corrected chi connectivity index (χ3v) is 3.80. The van der Waals surface area contributed by atoms with Crippen LogP contribution in [0.1, 0.15) is 27.3 Å². The van der Waals surface area contributed by atoms with Crippen LogP contribution in [0.2, 0.25) is 0 Å². The van der Waals surface area contributed by atoms with E-state index in [1.165, 1.54) is 21.8 Å². The zero-order valence-electron chi connectivity index (χ0n) is 14.1. The first-order chi connectivity index (χ1) is 12.6. The summed E-state index contributed by atoms with van der Waals surface area (Å²) in [4.78, 5) is 22.2. The van der Waals surface area contributed by atoms with Crippen LogP contribution < -0.4 is 0 Å². The van der Waals surface area contributed by atoms with E-state index in [0.29, 0.717) is 22.8 Å². The first-order valence-electron chi connectivity index (χ1n) is 7.87. The molecule has 0 N–H and O–H groups in total. The molecule has 4 rings (SSSR count). The van der Waals surface area contributed by atoms with Gasteiger partial charge in [0.05, 0.1) is 35.9 Å². The molecule has 9 heteroatoms. The predicted octanol–water partition coefficient (Wildman–Crippen LogP) is 1.49. The second-order valence-electron chi connectivity index (χ2n) is 5.67. The summed E-state index contributed by atoms with van der Waals surface area (Å²) in [6.07, 6.45) is 6.35. The van der Waals surface area contributed by atoms with Gasteiger partial charge in [-0.25, -0.2) is 19.3 Å². The Bertz CT molecular complexity index is 985. The lowest BCUT2D eigenvalue weighted by Gasteiger charge is -2.11. The second kappa shape index (κ2) is 6.28. The van der Waals surface area contributed by atoms with E-state index >= 15 is 0 Å². The lowest BCUT2D eigenvalue weighted by molar-refractivity contribution is 0.103. The highest BCUT2D eigenvalue weighted by Crippen LogP contribution is 2.20. The first kappa shape index (κ1) is 15.8. The number of hydrogen-bond donors (Lipinski definition) is 0. The average molecular weight is 346 g/mol. The molecule has 0 radical (unpaired) electrons. The molecule has 128 valence electrons. The van der Waals surface area contributed by atoms with Gasteiger partial charge < -0.3 is 0 Å². The van der Waals surface area contributed by atoms with Gasteiger partial charge in [-0.3, -0.25) is 4.79 Å². The van der Waals surface area contributed by atoms with E-state index in [-0.39, 0.29) is 5.78 Å². The van der Waals surface area contributed by atoms with Crippen LogP contribution in [-0.4, -0.2) is 45.7 Å². The van der Waals surface area contributed by atoms with E-state index in [0.717, 1.165) is 11.4 Å². The smallest absolute Gasteiger partial charge is 0.200 e. The molecule has 0 saturated carbocycles. The summed E-state index contributed by atoms with van der Waals surface area (Å²) in [6, 6.07) is 7.02. The molecule has 0 aromatic carbocycles. The van der Waals surface area contributed by atoms with Crippen LogP contribution in [0, 0.1) is 13.8 Å². The molecule has 0 aliphatic rings. The van der Waals surface area contributed by atoms with Gasteiger partial charge in [-0.2, -0.15) is 0 Å². The topological polar surface area (TPSA) is 104 Å². The summed E-state index contributed by atoms with van der Waals surface area (Å²) >= 11 is 0. The van der Waals surface area contributed by atoms with Gasteiger partial charge in [0.15, 0.2) is 11.6 Å². The van der Waals surface area contributed by atoms with E-state index in [1.54, 1.807) is 36.7 Å². The highest BCUT2D eigenvalue weighted by molar-refractivity contribution is 6.12. The van der Waals surface area contributed by atoms with Gasteiger partial charge in [-0.05, 0) is 38.1 Å². The van der Waals surface area contributed by atoms with Crippen molar-refractivity contribution in [3.8, 4) is 11.6 Å². The quantitative estimate of drug-likeness (QED) is 0.515. The predicted molar refractivity (Wildman–Crippen MR) is 91.2 cm³/mol. The fourth-order valence-electron chi connectivity index (χ4n) is 2.58. The lowest BCUT2D eigenvalue weighted by atomic mass is 10.0. The van der Waals surface area contributed by atoms with E-state index < -0.39 is 0 Å². The van der Waals surface area contributed by atoms with Crippen LogP contribution in [0.4, 0.5) is 0 Å². The third-order valence-electron chi connectivity index (χ3n) is 3.80. The van der Waals surface area contributed by atoms with E-state index in [1.807, 2.05) is 13.8 Å². The maximum Gasteiger partial charge on any atom is 0.200 e. The second-order valence-corrected chi connectivity index (χ2v) is 5.67. The number of carbonyl (C=O) groups excluding carboxylic acids is 1. The lowest BCUT2D eigenvalue weighted by Crippen LogP contribution is -2.15. The molecular formula is C17H14N8O. The number of aryl methyl sites for hydroxylation is 2. The van der Waals surface area contributed by atoms with Gasteiger partial charge >= 0.3 is 0 Å². The van der Waals surface area contributed by atoms with Gasteiger partial charge in [0, 0.05) is 11.4 Å². The highest BCUT2D eigenvalue weighted by Gasteiger charge is 2.21. The molecule has 0 fully saturated rings. The maximum atomic E-state index is 13.3. The Kier molecular flexibility index (Phi) is 3.81. The summed E-state index contributed by atoms with van der Waals surface area (Å²) in [5, 5.41) is 15.5. The molecule has 4 aromatic heterocycles. The number of pyridine rings is 2. The number of hydrogen-bond acceptors (Lipinski definition) is 7. The van der Waals surface area contributed by atoms with Crippen molar-refractivity contribution >= 4 is 5.78 Å². The van der Waals surface area contributed by atoms with Crippen LogP contribution in [0.5, 0.6) is 0 Å². The minimum absolute atomic E-state index is 0.235. The van der Waals surface area contributed by atoms with Crippen molar-refractivity contribution in [2.75, 3.05) is 0 Å². The minimum atomic E-state index is -0.235. The normalized spacial score (nSPS) is 10.8. The summed E-state index contributed by atoms with van der Waals surface area (Å²) in [5.41, 5.74) is 2.33. The number of aromatic nitrogens is 8. The molecule has 0 bridgehead atoms. The van der Waals surface area contributed by atoms with Crippen molar-refractivity contribution in [1.29, 1.82) is 0 Å². The van der Waals surface area contributed by atoms with E-state index in [4.69, 9.17) is 0 Å². The zero-order valence-corrected chi connectivity index (χ0v) is 14.1. The van der Waals surface area contributed by atoms with Crippen LogP contribution in [-0.2, 0) is 0 Å². The van der Waals surface area contributed by atoms with Crippen LogP contribution in [0.15, 0.2) is 49.1 Å². The molecule has 26 heavy (non-hydrogen) atoms. The number of rotatable bonds is 4. The molecule has 0 aliphatic carbocycles. The van der Waals surface area contributed by atoms with Crippen molar-refractivity contribution in [2.45, 2.75) is 13.8 Å². The van der Waals surface area contributed by atoms with Crippen LogP contribution in [0.3, 0.4) is 0 Å². The molecule has 0 saturated heterocycles. The molecule has 0 amide bonds. The van der Waals surface area contributed by atoms with Gasteiger partial charge in [0.25, 0.3) is 0 Å². The summed E-state index contributed by atoms with van der Waals surface area (Å²) < 4.78 is 2.94. The van der Waals surface area contributed by atoms with Crippen LogP contribution in [0.25, 0.3) is 11.6 Å². The molecular weight excluding hydrogens is 332 g/mol. The maximum absolute atomic E-state index is 13.3. The first-order valence-corrected chi connectivity index (χ1v) is 7.87. The van der Waals surface area contributed by atoms with Gasteiger partial charge in [0.2, 0.25) is 5.78 Å². The van der Waals surface area contributed by atoms with Gasteiger partial charge in [-0.15, -0.1) is 10.2 Å². The standard InChI is InChI=1S/C17H14N8O/c1-11-3-5-13(16(20-11)24-9-7-18-22-24)15(26)14-6-4-12(2)21-17(14)25-10-8-19-23-25/h3-10H,1-2H3. The van der Waals surface area contributed by atoms with Crippen molar-refractivity contribution < 1.29 is 4.79 Å². The third kappa shape index (κ3) is 2.75. The monoisotopic (exact) mass is 346 g/mol. The molecule has 4 heterocycles. The summed E-state index contributed by atoms with van der Waals surface area (Å²) in [5.74, 6) is 0.594. The van der Waals surface area contributed by atoms with Crippen LogP contribution >= 0.6 is 0 Å². The Hall–Kier alpha value is -3.75. The molecule has 0 aliphatic heterocycles. The van der Waals surface area contributed by atoms with E-state index in [9.17, 15) is 4.79 Å². The Morgan fingerprint density at radius 1 is 0.769 bits per heavy atom. The Morgan fingerprint density at radius 2 is 1.23 bits per heavy atom. The largest absolute Gasteiger partial charge is 0.288 e. The van der Waals surface area contributed by atoms with Crippen molar-refractivity contribution in [1.82, 2.24) is 40.0 Å². The summed E-state index contributed by atoms with van der Waals surface area (Å²) in [6.45, 7) is 3.70. The minimum Gasteiger partial charge on any atom is -0.288 e. The van der Waals surface area contributed by atoms with Crippen molar-refractivity contribution in [3.05, 3.63) is 71.6 Å². The Morgan fingerprint density at radius 3 is 1.62 bits per heavy atom. The molecule has 4 aromatic rings. The summed E-state index contributed by atoms with van der Waals surface area (Å²) in [7, 11) is 0. The molecule has 0 spiro atoms. The average Bonchev–Trinajstić information content (AvgIpc) is 3.35. The Balaban J connectivity index is 1.88. The van der Waals surface area contributed by atoms with Gasteiger partial charge in [0.1, 0.15) is 0 Å². The van der Waals surface area contributed by atoms with Crippen molar-refractivity contribution in [3.63, 3.8) is 0 Å². The number of carbonyl (C=O) groups is 1. The van der Waals surface area contributed by atoms with Gasteiger partial charge in [-0.1, -0.05) is 10.4 Å². The fraction of sp³-hybridized carbons (Fsp3) is 0.118. The molecule has 9 nitrogen and oxygen atoms in total. The SMILES string of the molecule is Cc1ccc(C(=O)c2ccc(C)nc2-n2ccnn2)c(-n2ccnn2)n1. The van der Waals surface area contributed by atoms with E-state index in [2.05, 4.69) is 30.6 Å².